The van der Waals surface area contributed by atoms with Crippen LogP contribution in [0.15, 0.2) is 12.3 Å². The zero-order valence-corrected chi connectivity index (χ0v) is 15.4. The Morgan fingerprint density at radius 2 is 1.89 bits per heavy atom. The van der Waals surface area contributed by atoms with Crippen LogP contribution >= 0.6 is 0 Å². The minimum Gasteiger partial charge on any atom is -0.431 e. The van der Waals surface area contributed by atoms with E-state index in [0.29, 0.717) is 24.2 Å². The Hall–Kier alpha value is -2.19. The Kier molecular flexibility index (Phi) is 6.78. The van der Waals surface area contributed by atoms with Gasteiger partial charge in [-0.1, -0.05) is 13.8 Å². The molecule has 2 rings (SSSR count). The van der Waals surface area contributed by atoms with Crippen molar-refractivity contribution in [3.63, 3.8) is 0 Å². The molecule has 9 heteroatoms. The molecule has 0 bridgehead atoms. The van der Waals surface area contributed by atoms with Crippen molar-refractivity contribution >= 4 is 0 Å². The molecule has 0 aliphatic heterocycles. The molecule has 4 nitrogen and oxygen atoms in total. The number of hydrogen-bond donors (Lipinski definition) is 0. The SMILES string of the molecule is CCc1nc(CC)n(-c2ncc(CCCC(F)(F)F)cc2OC(F)F)c1C. The number of imidazole rings is 1. The summed E-state index contributed by atoms with van der Waals surface area (Å²) in [5.74, 6) is 0.643. The number of aryl methyl sites for hydroxylation is 3. The van der Waals surface area contributed by atoms with Crippen LogP contribution in [0.1, 0.15) is 49.5 Å². The van der Waals surface area contributed by atoms with E-state index in [4.69, 9.17) is 0 Å². The molecule has 0 atom stereocenters. The zero-order chi connectivity index (χ0) is 20.2. The maximum absolute atomic E-state index is 12.9. The summed E-state index contributed by atoms with van der Waals surface area (Å²) in [5.41, 5.74) is 2.00. The molecule has 0 radical (unpaired) electrons. The minimum absolute atomic E-state index is 0.0656. The maximum Gasteiger partial charge on any atom is 0.389 e. The van der Waals surface area contributed by atoms with E-state index < -0.39 is 19.2 Å². The van der Waals surface area contributed by atoms with Gasteiger partial charge in [0.2, 0.25) is 0 Å². The predicted molar refractivity (Wildman–Crippen MR) is 90.5 cm³/mol. The first-order valence-corrected chi connectivity index (χ1v) is 8.74. The number of pyridine rings is 1. The number of rotatable bonds is 8. The van der Waals surface area contributed by atoms with Crippen LogP contribution in [0.25, 0.3) is 5.82 Å². The van der Waals surface area contributed by atoms with E-state index in [2.05, 4.69) is 14.7 Å². The Morgan fingerprint density at radius 1 is 1.19 bits per heavy atom. The highest BCUT2D eigenvalue weighted by Gasteiger charge is 2.26. The molecule has 150 valence electrons. The standard InChI is InChI=1S/C18H22F5N3O/c1-4-13-11(3)26(15(5-2)25-13)16-14(27-17(19)20)9-12(10-24-16)7-6-8-18(21,22)23/h9-10,17H,4-8H2,1-3H3. The number of ether oxygens (including phenoxy) is 1. The Balaban J connectivity index is 2.40. The number of hydrogen-bond acceptors (Lipinski definition) is 3. The average Bonchev–Trinajstić information content (AvgIpc) is 2.89. The van der Waals surface area contributed by atoms with Crippen molar-refractivity contribution < 1.29 is 26.7 Å². The molecule has 0 saturated heterocycles. The predicted octanol–water partition coefficient (Wildman–Crippen LogP) is 5.19. The summed E-state index contributed by atoms with van der Waals surface area (Å²) in [6.45, 7) is 2.57. The van der Waals surface area contributed by atoms with E-state index in [1.165, 1.54) is 12.3 Å². The van der Waals surface area contributed by atoms with E-state index in [9.17, 15) is 22.0 Å². The molecule has 0 aliphatic rings. The highest BCUT2D eigenvalue weighted by molar-refractivity contribution is 5.45. The van der Waals surface area contributed by atoms with Crippen molar-refractivity contribution in [1.29, 1.82) is 0 Å². The molecular formula is C18H22F5N3O. The van der Waals surface area contributed by atoms with Crippen molar-refractivity contribution in [3.05, 3.63) is 35.0 Å². The van der Waals surface area contributed by atoms with Gasteiger partial charge < -0.3 is 4.74 Å². The van der Waals surface area contributed by atoms with Crippen molar-refractivity contribution in [2.75, 3.05) is 0 Å². The van der Waals surface area contributed by atoms with Crippen LogP contribution in [0.2, 0.25) is 0 Å². The monoisotopic (exact) mass is 391 g/mol. The molecule has 0 amide bonds. The van der Waals surface area contributed by atoms with E-state index in [1.807, 2.05) is 20.8 Å². The van der Waals surface area contributed by atoms with Crippen molar-refractivity contribution in [2.45, 2.75) is 65.7 Å². The van der Waals surface area contributed by atoms with E-state index in [0.717, 1.165) is 11.4 Å². The third-order valence-electron chi connectivity index (χ3n) is 4.17. The van der Waals surface area contributed by atoms with Gasteiger partial charge >= 0.3 is 12.8 Å². The Morgan fingerprint density at radius 3 is 2.44 bits per heavy atom. The van der Waals surface area contributed by atoms with Crippen LogP contribution in [0.3, 0.4) is 0 Å². The van der Waals surface area contributed by atoms with Gasteiger partial charge in [0.25, 0.3) is 0 Å². The molecule has 27 heavy (non-hydrogen) atoms. The van der Waals surface area contributed by atoms with Gasteiger partial charge in [-0.3, -0.25) is 4.57 Å². The summed E-state index contributed by atoms with van der Waals surface area (Å²) in [6.07, 6.45) is -2.65. The first-order chi connectivity index (χ1) is 12.7. The number of aromatic nitrogens is 3. The lowest BCUT2D eigenvalue weighted by Gasteiger charge is -2.15. The molecule has 0 unspecified atom stereocenters. The highest BCUT2D eigenvalue weighted by Crippen LogP contribution is 2.29. The van der Waals surface area contributed by atoms with Crippen molar-refractivity contribution in [1.82, 2.24) is 14.5 Å². The Labute approximate surface area is 154 Å². The summed E-state index contributed by atoms with van der Waals surface area (Å²) in [7, 11) is 0. The van der Waals surface area contributed by atoms with Gasteiger partial charge in [0.1, 0.15) is 5.82 Å². The highest BCUT2D eigenvalue weighted by atomic mass is 19.4. The summed E-state index contributed by atoms with van der Waals surface area (Å²) in [6, 6.07) is 1.33. The molecule has 0 saturated carbocycles. The summed E-state index contributed by atoms with van der Waals surface area (Å²) in [4.78, 5) is 8.71. The third-order valence-corrected chi connectivity index (χ3v) is 4.17. The summed E-state index contributed by atoms with van der Waals surface area (Å²) >= 11 is 0. The maximum atomic E-state index is 12.9. The van der Waals surface area contributed by atoms with Crippen molar-refractivity contribution in [2.24, 2.45) is 0 Å². The molecular weight excluding hydrogens is 369 g/mol. The lowest BCUT2D eigenvalue weighted by atomic mass is 10.1. The fourth-order valence-corrected chi connectivity index (χ4v) is 2.92. The molecule has 2 aromatic rings. The minimum atomic E-state index is -4.25. The van der Waals surface area contributed by atoms with Crippen LogP contribution in [0, 0.1) is 6.92 Å². The third kappa shape index (κ3) is 5.40. The second kappa shape index (κ2) is 8.67. The van der Waals surface area contributed by atoms with Gasteiger partial charge in [0.15, 0.2) is 11.6 Å². The van der Waals surface area contributed by atoms with Gasteiger partial charge in [-0.25, -0.2) is 9.97 Å². The molecule has 0 aliphatic carbocycles. The van der Waals surface area contributed by atoms with Crippen LogP contribution in [-0.2, 0) is 19.3 Å². The fraction of sp³-hybridized carbons (Fsp3) is 0.556. The molecule has 2 heterocycles. The van der Waals surface area contributed by atoms with Crippen LogP contribution in [-0.4, -0.2) is 27.3 Å². The van der Waals surface area contributed by atoms with Gasteiger partial charge in [0.05, 0.1) is 5.69 Å². The number of alkyl halides is 5. The molecule has 0 spiro atoms. The van der Waals surface area contributed by atoms with Gasteiger partial charge in [-0.2, -0.15) is 22.0 Å². The van der Waals surface area contributed by atoms with Gasteiger partial charge in [0, 0.05) is 24.7 Å². The normalized spacial score (nSPS) is 12.0. The van der Waals surface area contributed by atoms with E-state index in [-0.39, 0.29) is 24.4 Å². The lowest BCUT2D eigenvalue weighted by Crippen LogP contribution is -2.11. The molecule has 0 N–H and O–H groups in total. The summed E-state index contributed by atoms with van der Waals surface area (Å²) in [5, 5.41) is 0. The second-order valence-corrected chi connectivity index (χ2v) is 6.12. The summed E-state index contributed by atoms with van der Waals surface area (Å²) < 4.78 is 69.0. The Bertz CT molecular complexity index is 771. The molecule has 0 aromatic carbocycles. The first kappa shape index (κ1) is 21.1. The largest absolute Gasteiger partial charge is 0.431 e. The lowest BCUT2D eigenvalue weighted by molar-refractivity contribution is -0.135. The van der Waals surface area contributed by atoms with Crippen LogP contribution in [0.4, 0.5) is 22.0 Å². The quantitative estimate of drug-likeness (QED) is 0.582. The van der Waals surface area contributed by atoms with Crippen molar-refractivity contribution in [3.8, 4) is 11.6 Å². The number of halogens is 5. The van der Waals surface area contributed by atoms with Crippen LogP contribution in [0.5, 0.6) is 5.75 Å². The topological polar surface area (TPSA) is 39.9 Å². The first-order valence-electron chi connectivity index (χ1n) is 8.74. The second-order valence-electron chi connectivity index (χ2n) is 6.12. The molecule has 2 aromatic heterocycles. The molecule has 0 fully saturated rings. The smallest absolute Gasteiger partial charge is 0.389 e. The van der Waals surface area contributed by atoms with Crippen LogP contribution < -0.4 is 4.74 Å². The number of nitrogens with zero attached hydrogens (tertiary/aromatic N) is 3. The van der Waals surface area contributed by atoms with Gasteiger partial charge in [-0.05, 0) is 37.8 Å². The van der Waals surface area contributed by atoms with Gasteiger partial charge in [-0.15, -0.1) is 0 Å². The fourth-order valence-electron chi connectivity index (χ4n) is 2.92. The zero-order valence-electron chi connectivity index (χ0n) is 15.4. The van der Waals surface area contributed by atoms with E-state index >= 15 is 0 Å². The van der Waals surface area contributed by atoms with E-state index in [1.54, 1.807) is 4.57 Å². The average molecular weight is 391 g/mol.